The summed E-state index contributed by atoms with van der Waals surface area (Å²) in [5, 5.41) is 3.89. The van der Waals surface area contributed by atoms with Crippen molar-refractivity contribution in [2.75, 3.05) is 0 Å². The van der Waals surface area contributed by atoms with Crippen LogP contribution >= 0.6 is 0 Å². The van der Waals surface area contributed by atoms with Crippen LogP contribution in [0.5, 0.6) is 0 Å². The predicted molar refractivity (Wildman–Crippen MR) is 75.2 cm³/mol. The molecule has 3 heterocycles. The fraction of sp³-hybridized carbons (Fsp3) is 0.214. The molecule has 0 bridgehead atoms. The molecule has 0 aliphatic carbocycles. The summed E-state index contributed by atoms with van der Waals surface area (Å²) in [5.41, 5.74) is 1.46. The van der Waals surface area contributed by atoms with E-state index in [4.69, 9.17) is 0 Å². The molecule has 3 rings (SSSR count). The van der Waals surface area contributed by atoms with Crippen LogP contribution in [0.25, 0.3) is 10.9 Å². The predicted octanol–water partition coefficient (Wildman–Crippen LogP) is 1.58. The van der Waals surface area contributed by atoms with Crippen LogP contribution < -0.4 is 5.32 Å². The molecule has 0 fully saturated rings. The third-order valence-corrected chi connectivity index (χ3v) is 3.09. The highest BCUT2D eigenvalue weighted by Gasteiger charge is 2.12. The first-order valence-corrected chi connectivity index (χ1v) is 6.42. The van der Waals surface area contributed by atoms with E-state index in [1.807, 2.05) is 29.8 Å². The minimum atomic E-state index is -0.117. The molecular formula is C14H15N5O. The Morgan fingerprint density at radius 2 is 2.35 bits per heavy atom. The largest absolute Gasteiger partial charge is 0.350 e. The van der Waals surface area contributed by atoms with Crippen LogP contribution in [0.2, 0.25) is 0 Å². The van der Waals surface area contributed by atoms with E-state index in [0.717, 1.165) is 10.9 Å². The van der Waals surface area contributed by atoms with Gasteiger partial charge in [0.2, 0.25) is 0 Å². The number of H-pyrrole nitrogens is 1. The van der Waals surface area contributed by atoms with Crippen LogP contribution in [0.3, 0.4) is 0 Å². The molecule has 3 aromatic rings. The lowest BCUT2D eigenvalue weighted by molar-refractivity contribution is 0.0932. The maximum absolute atomic E-state index is 12.2. The number of hydrogen-bond acceptors (Lipinski definition) is 3. The zero-order chi connectivity index (χ0) is 13.9. The fourth-order valence-electron chi connectivity index (χ4n) is 2.15. The van der Waals surface area contributed by atoms with Crippen LogP contribution in [0.4, 0.5) is 0 Å². The minimum absolute atomic E-state index is 0.0150. The van der Waals surface area contributed by atoms with E-state index in [-0.39, 0.29) is 11.9 Å². The standard InChI is InChI=1S/C14H15N5O/c1-10(8-19-5-4-16-9-19)17-14(20)13-6-11-7-15-3-2-12(11)18-13/h2-7,9-10,18H,8H2,1H3,(H,17,20). The van der Waals surface area contributed by atoms with Crippen LogP contribution in [-0.4, -0.2) is 31.5 Å². The number of amides is 1. The van der Waals surface area contributed by atoms with Gasteiger partial charge in [-0.2, -0.15) is 0 Å². The van der Waals surface area contributed by atoms with Gasteiger partial charge >= 0.3 is 0 Å². The number of nitrogens with zero attached hydrogens (tertiary/aromatic N) is 3. The van der Waals surface area contributed by atoms with Crippen molar-refractivity contribution in [2.24, 2.45) is 0 Å². The topological polar surface area (TPSA) is 75.6 Å². The number of nitrogens with one attached hydrogen (secondary N) is 2. The molecule has 0 saturated carbocycles. The summed E-state index contributed by atoms with van der Waals surface area (Å²) >= 11 is 0. The van der Waals surface area contributed by atoms with E-state index >= 15 is 0 Å². The van der Waals surface area contributed by atoms with E-state index in [9.17, 15) is 4.79 Å². The minimum Gasteiger partial charge on any atom is -0.350 e. The van der Waals surface area contributed by atoms with Crippen molar-refractivity contribution in [1.82, 2.24) is 24.8 Å². The van der Waals surface area contributed by atoms with Crippen LogP contribution in [0.1, 0.15) is 17.4 Å². The smallest absolute Gasteiger partial charge is 0.267 e. The van der Waals surface area contributed by atoms with Gasteiger partial charge in [0, 0.05) is 48.3 Å². The summed E-state index contributed by atoms with van der Waals surface area (Å²) in [6, 6.07) is 3.67. The average molecular weight is 269 g/mol. The van der Waals surface area contributed by atoms with Crippen molar-refractivity contribution in [3.05, 3.63) is 48.9 Å². The van der Waals surface area contributed by atoms with Crippen molar-refractivity contribution in [2.45, 2.75) is 19.5 Å². The van der Waals surface area contributed by atoms with Crippen molar-refractivity contribution >= 4 is 16.8 Å². The van der Waals surface area contributed by atoms with E-state index in [2.05, 4.69) is 20.3 Å². The van der Waals surface area contributed by atoms with E-state index in [0.29, 0.717) is 12.2 Å². The number of fused-ring (bicyclic) bond motifs is 1. The summed E-state index contributed by atoms with van der Waals surface area (Å²) in [7, 11) is 0. The number of carbonyl (C=O) groups is 1. The molecule has 0 saturated heterocycles. The summed E-state index contributed by atoms with van der Waals surface area (Å²) in [6.07, 6.45) is 8.76. The quantitative estimate of drug-likeness (QED) is 0.755. The van der Waals surface area contributed by atoms with Gasteiger partial charge in [-0.25, -0.2) is 4.98 Å². The first kappa shape index (κ1) is 12.4. The Morgan fingerprint density at radius 1 is 1.45 bits per heavy atom. The zero-order valence-corrected chi connectivity index (χ0v) is 11.1. The van der Waals surface area contributed by atoms with Crippen molar-refractivity contribution in [3.63, 3.8) is 0 Å². The Labute approximate surface area is 115 Å². The van der Waals surface area contributed by atoms with Crippen molar-refractivity contribution in [3.8, 4) is 0 Å². The molecule has 1 amide bonds. The molecule has 20 heavy (non-hydrogen) atoms. The SMILES string of the molecule is CC(Cn1ccnc1)NC(=O)c1cc2cnccc2[nH]1. The van der Waals surface area contributed by atoms with Gasteiger partial charge in [-0.05, 0) is 19.1 Å². The summed E-state index contributed by atoms with van der Waals surface area (Å²) in [5.74, 6) is -0.117. The normalized spacial score (nSPS) is 12.4. The average Bonchev–Trinajstić information content (AvgIpc) is 3.06. The van der Waals surface area contributed by atoms with Gasteiger partial charge in [0.1, 0.15) is 5.69 Å². The molecule has 6 nitrogen and oxygen atoms in total. The molecular weight excluding hydrogens is 254 g/mol. The maximum Gasteiger partial charge on any atom is 0.267 e. The molecule has 1 atom stereocenters. The lowest BCUT2D eigenvalue weighted by Gasteiger charge is -2.13. The molecule has 6 heteroatoms. The highest BCUT2D eigenvalue weighted by molar-refractivity contribution is 5.97. The maximum atomic E-state index is 12.2. The second kappa shape index (κ2) is 5.16. The monoisotopic (exact) mass is 269 g/mol. The zero-order valence-electron chi connectivity index (χ0n) is 11.1. The molecule has 2 N–H and O–H groups in total. The number of hydrogen-bond donors (Lipinski definition) is 2. The van der Waals surface area contributed by atoms with Gasteiger partial charge in [-0.1, -0.05) is 0 Å². The van der Waals surface area contributed by atoms with Crippen LogP contribution in [-0.2, 0) is 6.54 Å². The molecule has 3 aromatic heterocycles. The summed E-state index contributed by atoms with van der Waals surface area (Å²) in [4.78, 5) is 23.3. The molecule has 0 aromatic carbocycles. The van der Waals surface area contributed by atoms with Gasteiger partial charge in [-0.3, -0.25) is 9.78 Å². The van der Waals surface area contributed by atoms with E-state index in [1.54, 1.807) is 24.9 Å². The number of aromatic nitrogens is 4. The van der Waals surface area contributed by atoms with Crippen molar-refractivity contribution < 1.29 is 4.79 Å². The Hall–Kier alpha value is -2.63. The molecule has 1 unspecified atom stereocenters. The third-order valence-electron chi connectivity index (χ3n) is 3.09. The molecule has 0 radical (unpaired) electrons. The van der Waals surface area contributed by atoms with E-state index < -0.39 is 0 Å². The molecule has 102 valence electrons. The Bertz CT molecular complexity index is 683. The number of imidazole rings is 1. The number of pyridine rings is 1. The third kappa shape index (κ3) is 2.54. The van der Waals surface area contributed by atoms with Crippen LogP contribution in [0, 0.1) is 0 Å². The van der Waals surface area contributed by atoms with Gasteiger partial charge in [0.25, 0.3) is 5.91 Å². The fourth-order valence-corrected chi connectivity index (χ4v) is 2.15. The lowest BCUT2D eigenvalue weighted by Crippen LogP contribution is -2.35. The highest BCUT2D eigenvalue weighted by Crippen LogP contribution is 2.13. The van der Waals surface area contributed by atoms with Crippen molar-refractivity contribution in [1.29, 1.82) is 0 Å². The Balaban J connectivity index is 1.69. The van der Waals surface area contributed by atoms with Gasteiger partial charge < -0.3 is 14.9 Å². The number of rotatable bonds is 4. The van der Waals surface area contributed by atoms with Gasteiger partial charge in [0.05, 0.1) is 6.33 Å². The molecule has 0 aliphatic heterocycles. The van der Waals surface area contributed by atoms with E-state index in [1.165, 1.54) is 0 Å². The number of carbonyl (C=O) groups excluding carboxylic acids is 1. The molecule has 0 aliphatic rings. The second-order valence-corrected chi connectivity index (χ2v) is 4.78. The summed E-state index contributed by atoms with van der Waals surface area (Å²) < 4.78 is 1.93. The lowest BCUT2D eigenvalue weighted by atomic mass is 10.3. The van der Waals surface area contributed by atoms with Gasteiger partial charge in [0.15, 0.2) is 0 Å². The number of aromatic amines is 1. The second-order valence-electron chi connectivity index (χ2n) is 4.78. The molecule has 0 spiro atoms. The Morgan fingerprint density at radius 3 is 3.10 bits per heavy atom. The first-order chi connectivity index (χ1) is 9.72. The first-order valence-electron chi connectivity index (χ1n) is 6.42. The summed E-state index contributed by atoms with van der Waals surface area (Å²) in [6.45, 7) is 2.65. The highest BCUT2D eigenvalue weighted by atomic mass is 16.1. The van der Waals surface area contributed by atoms with Crippen LogP contribution in [0.15, 0.2) is 43.2 Å². The van der Waals surface area contributed by atoms with Gasteiger partial charge in [-0.15, -0.1) is 0 Å². The Kier molecular flexibility index (Phi) is 3.20.